The second kappa shape index (κ2) is 5.61. The maximum atomic E-state index is 5.55. The Kier molecular flexibility index (Phi) is 4.74. The van der Waals surface area contributed by atoms with Crippen LogP contribution in [0.2, 0.25) is 0 Å². The van der Waals surface area contributed by atoms with E-state index >= 15 is 0 Å². The van der Waals surface area contributed by atoms with Gasteiger partial charge in [0.25, 0.3) is 0 Å². The van der Waals surface area contributed by atoms with Gasteiger partial charge in [0.1, 0.15) is 0 Å². The summed E-state index contributed by atoms with van der Waals surface area (Å²) in [6.45, 7) is 6.47. The first-order valence-corrected chi connectivity index (χ1v) is 5.71. The molecule has 1 aliphatic rings. The van der Waals surface area contributed by atoms with Gasteiger partial charge < -0.3 is 11.1 Å². The third kappa shape index (κ3) is 4.10. The van der Waals surface area contributed by atoms with E-state index in [9.17, 15) is 0 Å². The molecule has 78 valence electrons. The van der Waals surface area contributed by atoms with Crippen molar-refractivity contribution in [3.63, 3.8) is 0 Å². The molecule has 0 radical (unpaired) electrons. The second-order valence-electron chi connectivity index (χ2n) is 4.47. The van der Waals surface area contributed by atoms with Gasteiger partial charge in [-0.2, -0.15) is 0 Å². The molecule has 0 aromatic heterocycles. The summed E-state index contributed by atoms with van der Waals surface area (Å²) in [6.07, 6.45) is 5.38. The Labute approximate surface area is 82.3 Å². The molecule has 1 saturated carbocycles. The van der Waals surface area contributed by atoms with E-state index in [1.54, 1.807) is 0 Å². The molecule has 3 N–H and O–H groups in total. The highest BCUT2D eigenvalue weighted by atomic mass is 15.0. The van der Waals surface area contributed by atoms with Crippen molar-refractivity contribution in [1.29, 1.82) is 0 Å². The molecule has 0 aromatic carbocycles. The molecule has 1 aliphatic carbocycles. The fourth-order valence-electron chi connectivity index (χ4n) is 1.82. The van der Waals surface area contributed by atoms with Crippen LogP contribution in [-0.2, 0) is 0 Å². The van der Waals surface area contributed by atoms with Gasteiger partial charge in [0.2, 0.25) is 0 Å². The van der Waals surface area contributed by atoms with Gasteiger partial charge in [0.05, 0.1) is 0 Å². The molecule has 13 heavy (non-hydrogen) atoms. The van der Waals surface area contributed by atoms with E-state index in [0.29, 0.717) is 5.92 Å². The van der Waals surface area contributed by atoms with E-state index in [0.717, 1.165) is 25.0 Å². The molecule has 1 rings (SSSR count). The summed E-state index contributed by atoms with van der Waals surface area (Å²) < 4.78 is 0. The zero-order chi connectivity index (χ0) is 9.68. The summed E-state index contributed by atoms with van der Waals surface area (Å²) in [5.41, 5.74) is 5.55. The minimum atomic E-state index is 0.677. The molecule has 3 atom stereocenters. The summed E-state index contributed by atoms with van der Waals surface area (Å²) in [4.78, 5) is 0. The summed E-state index contributed by atoms with van der Waals surface area (Å²) >= 11 is 0. The van der Waals surface area contributed by atoms with Crippen molar-refractivity contribution in [2.45, 2.75) is 45.6 Å². The van der Waals surface area contributed by atoms with Gasteiger partial charge in [-0.05, 0) is 44.2 Å². The first-order chi connectivity index (χ1) is 6.27. The van der Waals surface area contributed by atoms with E-state index in [1.165, 1.54) is 25.7 Å². The van der Waals surface area contributed by atoms with Crippen LogP contribution >= 0.6 is 0 Å². The summed E-state index contributed by atoms with van der Waals surface area (Å²) in [6, 6.07) is 0.838. The normalized spacial score (nSPS) is 28.8. The predicted octanol–water partition coefficient (Wildman–Crippen LogP) is 1.75. The Balaban J connectivity index is 1.91. The topological polar surface area (TPSA) is 38.0 Å². The molecule has 0 aliphatic heterocycles. The average Bonchev–Trinajstić information content (AvgIpc) is 2.84. The highest BCUT2D eigenvalue weighted by Crippen LogP contribution is 2.34. The summed E-state index contributed by atoms with van der Waals surface area (Å²) in [5.74, 6) is 1.66. The number of hydrogen-bond donors (Lipinski definition) is 2. The Hall–Kier alpha value is -0.0800. The van der Waals surface area contributed by atoms with Crippen LogP contribution in [0.5, 0.6) is 0 Å². The number of hydrogen-bond acceptors (Lipinski definition) is 2. The molecule has 0 saturated heterocycles. The molecule has 0 spiro atoms. The van der Waals surface area contributed by atoms with Crippen LogP contribution in [0, 0.1) is 11.8 Å². The zero-order valence-electron chi connectivity index (χ0n) is 9.05. The Morgan fingerprint density at radius 2 is 2.31 bits per heavy atom. The standard InChI is InChI=1S/C11H24N2/c1-3-4-10-7-11(10)13-6-5-9(2)8-12/h9-11,13H,3-8,12H2,1-2H3. The van der Waals surface area contributed by atoms with Crippen LogP contribution in [0.1, 0.15) is 39.5 Å². The van der Waals surface area contributed by atoms with E-state index < -0.39 is 0 Å². The van der Waals surface area contributed by atoms with Gasteiger partial charge in [-0.3, -0.25) is 0 Å². The smallest absolute Gasteiger partial charge is 0.00991 e. The van der Waals surface area contributed by atoms with Crippen molar-refractivity contribution in [2.75, 3.05) is 13.1 Å². The lowest BCUT2D eigenvalue weighted by Crippen LogP contribution is -2.23. The molecule has 0 aromatic rings. The largest absolute Gasteiger partial charge is 0.330 e. The van der Waals surface area contributed by atoms with Crippen molar-refractivity contribution < 1.29 is 0 Å². The molecule has 2 heteroatoms. The molecular formula is C11H24N2. The van der Waals surface area contributed by atoms with E-state index in [2.05, 4.69) is 19.2 Å². The minimum absolute atomic E-state index is 0.677. The third-order valence-corrected chi connectivity index (χ3v) is 3.03. The third-order valence-electron chi connectivity index (χ3n) is 3.03. The maximum Gasteiger partial charge on any atom is 0.00991 e. The van der Waals surface area contributed by atoms with Crippen molar-refractivity contribution in [3.05, 3.63) is 0 Å². The van der Waals surface area contributed by atoms with Crippen LogP contribution in [-0.4, -0.2) is 19.1 Å². The van der Waals surface area contributed by atoms with Gasteiger partial charge in [-0.15, -0.1) is 0 Å². The van der Waals surface area contributed by atoms with Crippen molar-refractivity contribution in [3.8, 4) is 0 Å². The van der Waals surface area contributed by atoms with Gasteiger partial charge in [0.15, 0.2) is 0 Å². The number of nitrogens with one attached hydrogen (secondary N) is 1. The summed E-state index contributed by atoms with van der Waals surface area (Å²) in [5, 5.41) is 3.60. The maximum absolute atomic E-state index is 5.55. The second-order valence-corrected chi connectivity index (χ2v) is 4.47. The lowest BCUT2D eigenvalue weighted by atomic mass is 10.1. The van der Waals surface area contributed by atoms with Crippen LogP contribution < -0.4 is 11.1 Å². The molecular weight excluding hydrogens is 160 g/mol. The molecule has 1 fully saturated rings. The van der Waals surface area contributed by atoms with Crippen LogP contribution in [0.25, 0.3) is 0 Å². The lowest BCUT2D eigenvalue weighted by molar-refractivity contribution is 0.496. The van der Waals surface area contributed by atoms with E-state index in [-0.39, 0.29) is 0 Å². The molecule has 0 amide bonds. The zero-order valence-corrected chi connectivity index (χ0v) is 9.05. The minimum Gasteiger partial charge on any atom is -0.330 e. The van der Waals surface area contributed by atoms with Gasteiger partial charge in [-0.25, -0.2) is 0 Å². The Morgan fingerprint density at radius 1 is 1.54 bits per heavy atom. The molecule has 3 unspecified atom stereocenters. The monoisotopic (exact) mass is 184 g/mol. The number of rotatable bonds is 7. The SMILES string of the molecule is CCCC1CC1NCCC(C)CN. The van der Waals surface area contributed by atoms with Gasteiger partial charge >= 0.3 is 0 Å². The van der Waals surface area contributed by atoms with Crippen molar-refractivity contribution in [2.24, 2.45) is 17.6 Å². The lowest BCUT2D eigenvalue weighted by Gasteiger charge is -2.08. The predicted molar refractivity (Wildman–Crippen MR) is 57.6 cm³/mol. The van der Waals surface area contributed by atoms with E-state index in [1.807, 2.05) is 0 Å². The van der Waals surface area contributed by atoms with Gasteiger partial charge in [-0.1, -0.05) is 20.3 Å². The fourth-order valence-corrected chi connectivity index (χ4v) is 1.82. The quantitative estimate of drug-likeness (QED) is 0.632. The number of nitrogens with two attached hydrogens (primary N) is 1. The first-order valence-electron chi connectivity index (χ1n) is 5.71. The highest BCUT2D eigenvalue weighted by molar-refractivity contribution is 4.92. The molecule has 0 bridgehead atoms. The highest BCUT2D eigenvalue weighted by Gasteiger charge is 2.34. The van der Waals surface area contributed by atoms with Crippen LogP contribution in [0.3, 0.4) is 0 Å². The van der Waals surface area contributed by atoms with Crippen LogP contribution in [0.15, 0.2) is 0 Å². The van der Waals surface area contributed by atoms with Crippen LogP contribution in [0.4, 0.5) is 0 Å². The Bertz CT molecular complexity index is 136. The Morgan fingerprint density at radius 3 is 2.92 bits per heavy atom. The molecule has 0 heterocycles. The first kappa shape index (κ1) is 11.0. The summed E-state index contributed by atoms with van der Waals surface area (Å²) in [7, 11) is 0. The molecule has 2 nitrogen and oxygen atoms in total. The van der Waals surface area contributed by atoms with Crippen molar-refractivity contribution in [1.82, 2.24) is 5.32 Å². The van der Waals surface area contributed by atoms with Crippen molar-refractivity contribution >= 4 is 0 Å². The van der Waals surface area contributed by atoms with E-state index in [4.69, 9.17) is 5.73 Å². The fraction of sp³-hybridized carbons (Fsp3) is 1.00. The van der Waals surface area contributed by atoms with Gasteiger partial charge in [0, 0.05) is 6.04 Å². The average molecular weight is 184 g/mol.